The van der Waals surface area contributed by atoms with E-state index in [-0.39, 0.29) is 31.3 Å². The number of aliphatic hydroxyl groups excluding tert-OH is 19. The number of methoxy groups -OCH3 is 3. The standard InChI is InChI=1S/C59H100O33/c1-23-15-58-13-9-31-56(3,11-8-12-57(31,4)55(79)91-53-44(76)40(72)46(28(19-63)86-53)88-50(77)41(73)33(65)25(16-60)81-6)32(58)10-14-59(23,22-58)92-54-49(90-52-43(75)38(70)35(67)27(18-62)85-52)48(89-51(78)42(74)36(68)30(82-7)21-80-5)47(29(20-64)87-54)83-24(2)45-39(71)37(69)34(66)26(17-61)84-45/h24-54,60-78H,1,8-22H2,2-7H3/t24?,25?,26?,27?,28?,29?,30?,31-,32-,33?,34?,35?,36?,37?,38?,39?,40?,41?,42?,43?,44?,45?,46?,47?,48?,49?,50?,51?,52?,53?,54?,56+,57?,58+,59-/m0/s1. The number of hydrogen-bond acceptors (Lipinski definition) is 33. The Balaban J connectivity index is 1.08. The normalized spacial score (nSPS) is 46.2. The fourth-order valence-electron chi connectivity index (χ4n) is 16.4. The van der Waals surface area contributed by atoms with E-state index in [0.717, 1.165) is 7.11 Å². The molecule has 8 rings (SSSR count). The summed E-state index contributed by atoms with van der Waals surface area (Å²) in [6.07, 6.45) is -49.3. The fraction of sp³-hybridized carbons (Fsp3) is 0.949. The minimum absolute atomic E-state index is 0.127. The Labute approximate surface area is 531 Å². The Morgan fingerprint density at radius 2 is 1.10 bits per heavy atom. The van der Waals surface area contributed by atoms with Crippen molar-refractivity contribution >= 4 is 5.97 Å². The summed E-state index contributed by atoms with van der Waals surface area (Å²) in [5.74, 6) is -1.26. The predicted octanol–water partition coefficient (Wildman–Crippen LogP) is -7.89. The predicted molar refractivity (Wildman–Crippen MR) is 303 cm³/mol. The maximum absolute atomic E-state index is 14.8. The number of aliphatic hydroxyl groups is 19. The molecule has 1 spiro atoms. The average Bonchev–Trinajstić information content (AvgIpc) is 1.42. The summed E-state index contributed by atoms with van der Waals surface area (Å²) in [7, 11) is 3.63. The first-order valence-electron chi connectivity index (χ1n) is 31.4. The SMILES string of the molecule is C=C1C[C@@]23CC[C@@H]4C(C)(C(=O)OC5OC(CO)C(OC(O)C(O)C(O)C(CO)OC)C(O)C5O)CCC[C@@]4(C)[C@@H]2CC[C@]1(OC1OC(CO)C(OC(C)C2OC(CO)C(O)C(O)C2O)C(OC(O)C(O)C(O)C(COC)OC)C1OC1OC(CO)C(O)C(O)C1O)C3. The van der Waals surface area contributed by atoms with Crippen LogP contribution in [0.3, 0.4) is 0 Å². The molecule has 534 valence electrons. The van der Waals surface area contributed by atoms with Gasteiger partial charge in [0, 0.05) is 21.3 Å². The van der Waals surface area contributed by atoms with Crippen LogP contribution < -0.4 is 0 Å². The first kappa shape index (κ1) is 75.7. The summed E-state index contributed by atoms with van der Waals surface area (Å²) in [4.78, 5) is 14.8. The summed E-state index contributed by atoms with van der Waals surface area (Å²) in [6.45, 7) is 5.20. The summed E-state index contributed by atoms with van der Waals surface area (Å²) in [5, 5.41) is 207. The molecule has 92 heavy (non-hydrogen) atoms. The number of hydrogen-bond donors (Lipinski definition) is 19. The Hall–Kier alpha value is -2.03. The van der Waals surface area contributed by atoms with Crippen LogP contribution in [0.25, 0.3) is 0 Å². The molecule has 2 bridgehead atoms. The van der Waals surface area contributed by atoms with Gasteiger partial charge in [-0.25, -0.2) is 0 Å². The van der Waals surface area contributed by atoms with Crippen molar-refractivity contribution in [3.05, 3.63) is 12.2 Å². The number of carbonyl (C=O) groups is 1. The van der Waals surface area contributed by atoms with Crippen LogP contribution in [0.5, 0.6) is 0 Å². The fourth-order valence-corrected chi connectivity index (χ4v) is 16.4. The van der Waals surface area contributed by atoms with Crippen molar-refractivity contribution in [2.45, 2.75) is 262 Å². The van der Waals surface area contributed by atoms with Crippen LogP contribution in [0.1, 0.15) is 78.6 Å². The van der Waals surface area contributed by atoms with Crippen LogP contribution in [0, 0.1) is 28.1 Å². The molecule has 0 radical (unpaired) electrons. The van der Waals surface area contributed by atoms with Gasteiger partial charge in [-0.15, -0.1) is 0 Å². The van der Waals surface area contributed by atoms with Crippen LogP contribution in [0.2, 0.25) is 0 Å². The molecule has 8 aliphatic rings. The molecule has 4 aliphatic carbocycles. The van der Waals surface area contributed by atoms with Gasteiger partial charge < -0.3 is 159 Å². The zero-order chi connectivity index (χ0) is 67.9. The number of fused-ring (bicyclic) bond motifs is 3. The molecule has 30 unspecified atom stereocenters. The molecule has 8 fully saturated rings. The van der Waals surface area contributed by atoms with E-state index >= 15 is 0 Å². The van der Waals surface area contributed by atoms with Gasteiger partial charge in [0.15, 0.2) is 25.2 Å². The monoisotopic (exact) mass is 1340 g/mol. The maximum atomic E-state index is 14.8. The van der Waals surface area contributed by atoms with Crippen molar-refractivity contribution in [2.75, 3.05) is 61.0 Å². The summed E-state index contributed by atoms with van der Waals surface area (Å²) < 4.78 is 77.2. The van der Waals surface area contributed by atoms with Crippen LogP contribution >= 0.6 is 0 Å². The second-order valence-electron chi connectivity index (χ2n) is 26.8. The Morgan fingerprint density at radius 1 is 0.565 bits per heavy atom. The lowest BCUT2D eigenvalue weighted by Crippen LogP contribution is -2.68. The third kappa shape index (κ3) is 14.4. The zero-order valence-corrected chi connectivity index (χ0v) is 52.4. The van der Waals surface area contributed by atoms with Gasteiger partial charge in [0.05, 0.1) is 56.8 Å². The molecule has 0 aromatic heterocycles. The van der Waals surface area contributed by atoms with Crippen molar-refractivity contribution < 1.29 is 163 Å². The smallest absolute Gasteiger partial charge is 0.314 e. The molecule has 33 nitrogen and oxygen atoms in total. The van der Waals surface area contributed by atoms with Crippen LogP contribution in [-0.4, -0.2) is 348 Å². The van der Waals surface area contributed by atoms with E-state index in [2.05, 4.69) is 13.5 Å². The summed E-state index contributed by atoms with van der Waals surface area (Å²) in [5.41, 5.74) is -3.12. The molecule has 4 aliphatic heterocycles. The number of carbonyl (C=O) groups excluding carboxylic acids is 1. The highest BCUT2D eigenvalue weighted by atomic mass is 16.8. The zero-order valence-electron chi connectivity index (χ0n) is 52.4. The number of ether oxygens (including phenoxy) is 13. The van der Waals surface area contributed by atoms with Gasteiger partial charge in [0.1, 0.15) is 140 Å². The summed E-state index contributed by atoms with van der Waals surface area (Å²) in [6, 6.07) is 0. The van der Waals surface area contributed by atoms with E-state index in [9.17, 15) is 102 Å². The molecule has 4 heterocycles. The molecule has 0 amide bonds. The van der Waals surface area contributed by atoms with Crippen LogP contribution in [-0.2, 0) is 66.4 Å². The first-order valence-corrected chi connectivity index (χ1v) is 31.4. The quantitative estimate of drug-likeness (QED) is 0.0150. The van der Waals surface area contributed by atoms with Gasteiger partial charge in [-0.1, -0.05) is 19.9 Å². The van der Waals surface area contributed by atoms with Crippen molar-refractivity contribution in [2.24, 2.45) is 28.1 Å². The lowest BCUT2D eigenvalue weighted by Gasteiger charge is -2.64. The lowest BCUT2D eigenvalue weighted by atomic mass is 9.41. The molecule has 33 heteroatoms. The molecule has 0 aromatic carbocycles. The van der Waals surface area contributed by atoms with Crippen molar-refractivity contribution in [1.82, 2.24) is 0 Å². The van der Waals surface area contributed by atoms with Gasteiger partial charge in [0.25, 0.3) is 0 Å². The highest BCUT2D eigenvalue weighted by Gasteiger charge is 2.70. The van der Waals surface area contributed by atoms with E-state index in [0.29, 0.717) is 50.5 Å². The third-order valence-electron chi connectivity index (χ3n) is 21.4. The average molecular weight is 1340 g/mol. The molecule has 0 aromatic rings. The molecular formula is C59H100O33. The van der Waals surface area contributed by atoms with E-state index in [1.807, 2.05) is 0 Å². The summed E-state index contributed by atoms with van der Waals surface area (Å²) >= 11 is 0. The maximum Gasteiger partial charge on any atom is 0.314 e. The topological polar surface area (TPSA) is 521 Å². The lowest BCUT2D eigenvalue weighted by molar-refractivity contribution is -0.397. The van der Waals surface area contributed by atoms with Crippen molar-refractivity contribution in [1.29, 1.82) is 0 Å². The number of rotatable bonds is 28. The molecule has 4 saturated carbocycles. The Bertz CT molecular complexity index is 2360. The molecular weight excluding hydrogens is 1240 g/mol. The van der Waals surface area contributed by atoms with Gasteiger partial charge >= 0.3 is 5.97 Å². The molecule has 19 N–H and O–H groups in total. The highest BCUT2D eigenvalue weighted by molar-refractivity contribution is 5.77. The minimum atomic E-state index is -2.44. The first-order chi connectivity index (χ1) is 43.4. The van der Waals surface area contributed by atoms with E-state index < -0.39 is 239 Å². The van der Waals surface area contributed by atoms with Crippen molar-refractivity contribution in [3.63, 3.8) is 0 Å². The van der Waals surface area contributed by atoms with E-state index in [1.54, 1.807) is 6.92 Å². The van der Waals surface area contributed by atoms with Gasteiger partial charge in [-0.2, -0.15) is 0 Å². The van der Waals surface area contributed by atoms with Gasteiger partial charge in [-0.05, 0) is 93.5 Å². The van der Waals surface area contributed by atoms with E-state index in [1.165, 1.54) is 21.1 Å². The largest absolute Gasteiger partial charge is 0.432 e. The van der Waals surface area contributed by atoms with Crippen molar-refractivity contribution in [3.8, 4) is 0 Å². The van der Waals surface area contributed by atoms with Crippen LogP contribution in [0.15, 0.2) is 12.2 Å². The van der Waals surface area contributed by atoms with Crippen LogP contribution in [0.4, 0.5) is 0 Å². The molecule has 35 atom stereocenters. The van der Waals surface area contributed by atoms with Gasteiger partial charge in [-0.3, -0.25) is 4.79 Å². The minimum Gasteiger partial charge on any atom is -0.432 e. The highest BCUT2D eigenvalue weighted by Crippen LogP contribution is 2.74. The second kappa shape index (κ2) is 31.0. The van der Waals surface area contributed by atoms with Gasteiger partial charge in [0.2, 0.25) is 6.29 Å². The number of esters is 1. The second-order valence-corrected chi connectivity index (χ2v) is 26.8. The molecule has 4 saturated heterocycles. The van der Waals surface area contributed by atoms with E-state index in [4.69, 9.17) is 61.6 Å². The Kier molecular flexibility index (Phi) is 25.5. The third-order valence-corrected chi connectivity index (χ3v) is 21.4. The Morgan fingerprint density at radius 3 is 1.68 bits per heavy atom.